The fourth-order valence-corrected chi connectivity index (χ4v) is 2.85. The maximum absolute atomic E-state index is 6.03. The molecular weight excluding hydrogens is 270 g/mol. The van der Waals surface area contributed by atoms with Gasteiger partial charge < -0.3 is 10.5 Å². The first-order valence-electron chi connectivity index (χ1n) is 8.91. The van der Waals surface area contributed by atoms with E-state index in [1.807, 2.05) is 0 Å². The number of benzene rings is 1. The molecule has 1 atom stereocenters. The lowest BCUT2D eigenvalue weighted by Gasteiger charge is -2.25. The Kier molecular flexibility index (Phi) is 7.95. The molecule has 0 amide bonds. The van der Waals surface area contributed by atoms with Gasteiger partial charge in [0, 0.05) is 0 Å². The Morgan fingerprint density at radius 3 is 2.36 bits per heavy atom. The molecule has 0 aromatic heterocycles. The Hall–Kier alpha value is -1.02. The van der Waals surface area contributed by atoms with Gasteiger partial charge in [-0.2, -0.15) is 0 Å². The monoisotopic (exact) mass is 305 g/mol. The number of hydrogen-bond acceptors (Lipinski definition) is 2. The highest BCUT2D eigenvalue weighted by atomic mass is 16.5. The van der Waals surface area contributed by atoms with Crippen molar-refractivity contribution in [3.05, 3.63) is 29.3 Å². The summed E-state index contributed by atoms with van der Waals surface area (Å²) < 4.78 is 6.03. The summed E-state index contributed by atoms with van der Waals surface area (Å²) in [5.41, 5.74) is 8.68. The van der Waals surface area contributed by atoms with Crippen molar-refractivity contribution in [3.63, 3.8) is 0 Å². The average molecular weight is 306 g/mol. The number of ether oxygens (including phenoxy) is 1. The van der Waals surface area contributed by atoms with Crippen molar-refractivity contribution in [2.45, 2.75) is 78.1 Å². The Morgan fingerprint density at radius 1 is 1.09 bits per heavy atom. The normalized spacial score (nSPS) is 13.2. The summed E-state index contributed by atoms with van der Waals surface area (Å²) in [6.07, 6.45) is 5.68. The van der Waals surface area contributed by atoms with Crippen LogP contribution < -0.4 is 10.5 Å². The molecule has 0 heterocycles. The fraction of sp³-hybridized carbons (Fsp3) is 0.700. The maximum Gasteiger partial charge on any atom is 0.122 e. The summed E-state index contributed by atoms with van der Waals surface area (Å²) in [4.78, 5) is 0. The second-order valence-electron chi connectivity index (χ2n) is 7.27. The molecule has 0 radical (unpaired) electrons. The molecule has 0 saturated carbocycles. The molecule has 2 nitrogen and oxygen atoms in total. The minimum Gasteiger partial charge on any atom is -0.493 e. The van der Waals surface area contributed by atoms with Crippen molar-refractivity contribution in [3.8, 4) is 5.75 Å². The van der Waals surface area contributed by atoms with Gasteiger partial charge in [-0.25, -0.2) is 0 Å². The summed E-state index contributed by atoms with van der Waals surface area (Å²) in [6, 6.07) is 6.78. The minimum absolute atomic E-state index is 0.169. The lowest BCUT2D eigenvalue weighted by molar-refractivity contribution is 0.310. The summed E-state index contributed by atoms with van der Waals surface area (Å²) in [5.74, 6) is 1.63. The zero-order chi connectivity index (χ0) is 16.6. The SMILES string of the molecule is CCCOc1ccc(C(C)(C)C)cc1C(CCC)CCCN. The van der Waals surface area contributed by atoms with E-state index in [-0.39, 0.29) is 5.41 Å². The van der Waals surface area contributed by atoms with Gasteiger partial charge in [0.05, 0.1) is 6.61 Å². The van der Waals surface area contributed by atoms with Crippen LogP contribution in [0.1, 0.15) is 83.8 Å². The van der Waals surface area contributed by atoms with Crippen LogP contribution >= 0.6 is 0 Å². The molecule has 0 saturated heterocycles. The predicted molar refractivity (Wildman–Crippen MR) is 96.9 cm³/mol. The first kappa shape index (κ1) is 19.0. The molecular formula is C20H35NO. The van der Waals surface area contributed by atoms with Gasteiger partial charge >= 0.3 is 0 Å². The molecule has 1 aromatic rings. The van der Waals surface area contributed by atoms with Crippen LogP contribution in [0.25, 0.3) is 0 Å². The molecule has 1 rings (SSSR count). The van der Waals surface area contributed by atoms with Gasteiger partial charge in [0.1, 0.15) is 5.75 Å². The number of hydrogen-bond donors (Lipinski definition) is 1. The summed E-state index contributed by atoms with van der Waals surface area (Å²) in [5, 5.41) is 0. The van der Waals surface area contributed by atoms with Crippen molar-refractivity contribution < 1.29 is 4.74 Å². The maximum atomic E-state index is 6.03. The van der Waals surface area contributed by atoms with Crippen molar-refractivity contribution in [2.75, 3.05) is 13.2 Å². The quantitative estimate of drug-likeness (QED) is 0.663. The van der Waals surface area contributed by atoms with E-state index in [1.165, 1.54) is 24.0 Å². The molecule has 0 fully saturated rings. The van der Waals surface area contributed by atoms with Crippen LogP contribution in [0.5, 0.6) is 5.75 Å². The zero-order valence-electron chi connectivity index (χ0n) is 15.2. The molecule has 0 aliphatic rings. The van der Waals surface area contributed by atoms with Crippen LogP contribution in [0.15, 0.2) is 18.2 Å². The van der Waals surface area contributed by atoms with Gasteiger partial charge in [-0.05, 0) is 60.8 Å². The van der Waals surface area contributed by atoms with Gasteiger partial charge in [-0.1, -0.05) is 53.2 Å². The van der Waals surface area contributed by atoms with E-state index >= 15 is 0 Å². The van der Waals surface area contributed by atoms with Crippen molar-refractivity contribution in [1.82, 2.24) is 0 Å². The van der Waals surface area contributed by atoms with E-state index in [2.05, 4.69) is 52.8 Å². The van der Waals surface area contributed by atoms with Gasteiger partial charge in [-0.15, -0.1) is 0 Å². The second-order valence-corrected chi connectivity index (χ2v) is 7.27. The highest BCUT2D eigenvalue weighted by Gasteiger charge is 2.20. The lowest BCUT2D eigenvalue weighted by atomic mass is 9.82. The van der Waals surface area contributed by atoms with Crippen LogP contribution in [0.2, 0.25) is 0 Å². The van der Waals surface area contributed by atoms with Gasteiger partial charge in [-0.3, -0.25) is 0 Å². The Bertz CT molecular complexity index is 434. The lowest BCUT2D eigenvalue weighted by Crippen LogP contribution is -2.14. The van der Waals surface area contributed by atoms with E-state index in [1.54, 1.807) is 0 Å². The van der Waals surface area contributed by atoms with Crippen LogP contribution in [0, 0.1) is 0 Å². The van der Waals surface area contributed by atoms with E-state index in [9.17, 15) is 0 Å². The van der Waals surface area contributed by atoms with Crippen LogP contribution in [-0.4, -0.2) is 13.2 Å². The van der Waals surface area contributed by atoms with Crippen LogP contribution in [0.4, 0.5) is 0 Å². The third-order valence-electron chi connectivity index (χ3n) is 4.17. The Morgan fingerprint density at radius 2 is 1.82 bits per heavy atom. The largest absolute Gasteiger partial charge is 0.493 e. The predicted octanol–water partition coefficient (Wildman–Crippen LogP) is 5.40. The second kappa shape index (κ2) is 9.19. The van der Waals surface area contributed by atoms with E-state index in [0.717, 1.165) is 38.2 Å². The molecule has 2 N–H and O–H groups in total. The van der Waals surface area contributed by atoms with Crippen LogP contribution in [-0.2, 0) is 5.41 Å². The Labute approximate surface area is 137 Å². The van der Waals surface area contributed by atoms with Gasteiger partial charge in [0.2, 0.25) is 0 Å². The molecule has 0 aliphatic heterocycles. The number of nitrogens with two attached hydrogens (primary N) is 1. The van der Waals surface area contributed by atoms with Crippen LogP contribution in [0.3, 0.4) is 0 Å². The Balaban J connectivity index is 3.16. The highest BCUT2D eigenvalue weighted by Crippen LogP contribution is 2.36. The van der Waals surface area contributed by atoms with Crippen molar-refractivity contribution in [2.24, 2.45) is 5.73 Å². The van der Waals surface area contributed by atoms with Crippen molar-refractivity contribution >= 4 is 0 Å². The fourth-order valence-electron chi connectivity index (χ4n) is 2.85. The van der Waals surface area contributed by atoms with Gasteiger partial charge in [0.15, 0.2) is 0 Å². The average Bonchev–Trinajstić information content (AvgIpc) is 2.48. The molecule has 0 bridgehead atoms. The molecule has 1 aromatic carbocycles. The number of rotatable bonds is 9. The first-order chi connectivity index (χ1) is 10.4. The summed E-state index contributed by atoms with van der Waals surface area (Å²) in [7, 11) is 0. The van der Waals surface area contributed by atoms with Crippen molar-refractivity contribution in [1.29, 1.82) is 0 Å². The standard InChI is InChI=1S/C20H35NO/c1-6-9-16(10-8-13-21)18-15-17(20(3,4)5)11-12-19(18)22-14-7-2/h11-12,15-16H,6-10,13-14,21H2,1-5H3. The molecule has 126 valence electrons. The van der Waals surface area contributed by atoms with Gasteiger partial charge in [0.25, 0.3) is 0 Å². The molecule has 0 aliphatic carbocycles. The summed E-state index contributed by atoms with van der Waals surface area (Å²) >= 11 is 0. The third kappa shape index (κ3) is 5.64. The van der Waals surface area contributed by atoms with E-state index in [4.69, 9.17) is 10.5 Å². The third-order valence-corrected chi connectivity index (χ3v) is 4.17. The summed E-state index contributed by atoms with van der Waals surface area (Å²) in [6.45, 7) is 12.8. The molecule has 2 heteroatoms. The molecule has 0 spiro atoms. The first-order valence-corrected chi connectivity index (χ1v) is 8.91. The minimum atomic E-state index is 0.169. The van der Waals surface area contributed by atoms with E-state index < -0.39 is 0 Å². The zero-order valence-corrected chi connectivity index (χ0v) is 15.2. The highest BCUT2D eigenvalue weighted by molar-refractivity contribution is 5.42. The molecule has 1 unspecified atom stereocenters. The topological polar surface area (TPSA) is 35.2 Å². The molecule has 22 heavy (non-hydrogen) atoms. The smallest absolute Gasteiger partial charge is 0.122 e. The van der Waals surface area contributed by atoms with E-state index in [0.29, 0.717) is 5.92 Å².